The number of ether oxygens (including phenoxy) is 1. The molecule has 1 aliphatic carbocycles. The molecule has 98 valence electrons. The fraction of sp³-hybridized carbons (Fsp3) is 0.267. The molecule has 2 rings (SSSR count). The van der Waals surface area contributed by atoms with Crippen molar-refractivity contribution in [1.29, 1.82) is 0 Å². The first kappa shape index (κ1) is 16.7. The molecule has 0 radical (unpaired) electrons. The maximum absolute atomic E-state index is 10.9. The van der Waals surface area contributed by atoms with Gasteiger partial charge in [-0.25, -0.2) is 12.1 Å². The summed E-state index contributed by atoms with van der Waals surface area (Å²) >= 11 is 0. The molecule has 1 aromatic rings. The van der Waals surface area contributed by atoms with Crippen molar-refractivity contribution >= 4 is 0 Å². The van der Waals surface area contributed by atoms with Gasteiger partial charge in [0.2, 0.25) is 0 Å². The van der Waals surface area contributed by atoms with Gasteiger partial charge in [0.15, 0.2) is 0 Å². The zero-order valence-electron chi connectivity index (χ0n) is 10.7. The van der Waals surface area contributed by atoms with Gasteiger partial charge < -0.3 is 9.84 Å². The van der Waals surface area contributed by atoms with Gasteiger partial charge in [0.1, 0.15) is 0 Å². The van der Waals surface area contributed by atoms with Gasteiger partial charge in [-0.15, -0.1) is 0 Å². The van der Waals surface area contributed by atoms with Crippen LogP contribution in [0.15, 0.2) is 60.1 Å². The Hall–Kier alpha value is -1.31. The fourth-order valence-corrected chi connectivity index (χ4v) is 1.37. The molecule has 0 heterocycles. The first-order valence-corrected chi connectivity index (χ1v) is 5.87. The normalized spacial score (nSPS) is 11.6. The molecule has 3 heteroatoms. The topological polar surface area (TPSA) is 32.3 Å². The Morgan fingerprint density at radius 3 is 2.33 bits per heavy atom. The van der Waals surface area contributed by atoms with Crippen molar-refractivity contribution in [2.24, 2.45) is 0 Å². The van der Waals surface area contributed by atoms with E-state index in [1.165, 1.54) is 5.56 Å². The average molecular weight is 286 g/mol. The monoisotopic (exact) mass is 286 g/mol. The zero-order chi connectivity index (χ0) is 12.5. The van der Waals surface area contributed by atoms with Crippen LogP contribution in [0, 0.1) is 0 Å². The van der Waals surface area contributed by atoms with Crippen molar-refractivity contribution in [3.63, 3.8) is 0 Å². The second kappa shape index (κ2) is 9.69. The molecule has 0 aliphatic heterocycles. The number of hydrogen-bond acceptors (Lipinski definition) is 2. The van der Waals surface area contributed by atoms with E-state index in [9.17, 15) is 5.11 Å². The molecule has 0 saturated heterocycles. The van der Waals surface area contributed by atoms with Crippen molar-refractivity contribution < 1.29 is 26.9 Å². The summed E-state index contributed by atoms with van der Waals surface area (Å²) in [6, 6.07) is 8.41. The largest absolute Gasteiger partial charge is 2.00 e. The Balaban J connectivity index is 0.000000321. The van der Waals surface area contributed by atoms with Gasteiger partial charge in [-0.1, -0.05) is 44.6 Å². The minimum atomic E-state index is -0.243. The van der Waals surface area contributed by atoms with Gasteiger partial charge in [0.25, 0.3) is 0 Å². The van der Waals surface area contributed by atoms with Crippen LogP contribution in [0.3, 0.4) is 0 Å². The molecule has 18 heavy (non-hydrogen) atoms. The fourth-order valence-electron chi connectivity index (χ4n) is 1.37. The van der Waals surface area contributed by atoms with Crippen LogP contribution < -0.4 is 5.11 Å². The predicted molar refractivity (Wildman–Crippen MR) is 68.3 cm³/mol. The van der Waals surface area contributed by atoms with Crippen LogP contribution in [-0.4, -0.2) is 6.61 Å². The Bertz CT molecular complexity index is 386. The quantitative estimate of drug-likeness (QED) is 0.486. The third kappa shape index (κ3) is 5.85. The molecule has 0 amide bonds. The van der Waals surface area contributed by atoms with Crippen molar-refractivity contribution in [1.82, 2.24) is 0 Å². The average Bonchev–Trinajstić information content (AvgIpc) is 3.03. The first-order chi connectivity index (χ1) is 8.27. The molecule has 0 atom stereocenters. The second-order valence-corrected chi connectivity index (χ2v) is 3.54. The van der Waals surface area contributed by atoms with E-state index in [4.69, 9.17) is 4.74 Å². The minimum Gasteiger partial charge on any atom is -0.613 e. The molecule has 1 aliphatic rings. The standard InChI is InChI=1S/C8H10O2.C7H9.Fe/c1-2-10-8(9)7-5-3-4-6-7;1-2-7-5-3-4-6-7;/h3-6,9H,2H2,1H3;3-6H,2H2,1H3;/q;-1;+2/p-1. The molecule has 0 aromatic heterocycles. The van der Waals surface area contributed by atoms with E-state index in [-0.39, 0.29) is 23.0 Å². The van der Waals surface area contributed by atoms with E-state index in [1.807, 2.05) is 12.2 Å². The summed E-state index contributed by atoms with van der Waals surface area (Å²) in [6.45, 7) is 4.39. The van der Waals surface area contributed by atoms with Crippen molar-refractivity contribution in [2.75, 3.05) is 6.61 Å². The third-order valence-corrected chi connectivity index (χ3v) is 2.31. The van der Waals surface area contributed by atoms with Crippen molar-refractivity contribution in [2.45, 2.75) is 20.3 Å². The van der Waals surface area contributed by atoms with E-state index >= 15 is 0 Å². The first-order valence-electron chi connectivity index (χ1n) is 5.87. The summed E-state index contributed by atoms with van der Waals surface area (Å²) in [5.41, 5.74) is 2.06. The minimum absolute atomic E-state index is 0. The van der Waals surface area contributed by atoms with Crippen LogP contribution >= 0.6 is 0 Å². The van der Waals surface area contributed by atoms with E-state index in [0.717, 1.165) is 6.42 Å². The third-order valence-electron chi connectivity index (χ3n) is 2.31. The van der Waals surface area contributed by atoms with E-state index in [1.54, 1.807) is 19.1 Å². The van der Waals surface area contributed by atoms with Crippen LogP contribution in [0.2, 0.25) is 0 Å². The smallest absolute Gasteiger partial charge is 0.613 e. The summed E-state index contributed by atoms with van der Waals surface area (Å²) in [5.74, 6) is -0.243. The summed E-state index contributed by atoms with van der Waals surface area (Å²) in [7, 11) is 0. The van der Waals surface area contributed by atoms with Crippen LogP contribution in [0.25, 0.3) is 0 Å². The van der Waals surface area contributed by atoms with Crippen molar-refractivity contribution in [3.05, 3.63) is 65.7 Å². The van der Waals surface area contributed by atoms with E-state index in [0.29, 0.717) is 12.2 Å². The summed E-state index contributed by atoms with van der Waals surface area (Å²) in [6.07, 6.45) is 8.25. The molecule has 0 unspecified atom stereocenters. The van der Waals surface area contributed by atoms with Crippen LogP contribution in [0.1, 0.15) is 19.4 Å². The molecule has 0 bridgehead atoms. The molecule has 0 N–H and O–H groups in total. The molecular weight excluding hydrogens is 268 g/mol. The Kier molecular flexibility index (Phi) is 8.99. The van der Waals surface area contributed by atoms with Crippen LogP contribution in [0.4, 0.5) is 0 Å². The van der Waals surface area contributed by atoms with Gasteiger partial charge >= 0.3 is 17.1 Å². The second-order valence-electron chi connectivity index (χ2n) is 3.54. The van der Waals surface area contributed by atoms with Crippen molar-refractivity contribution in [3.8, 4) is 0 Å². The van der Waals surface area contributed by atoms with Gasteiger partial charge in [-0.05, 0) is 12.2 Å². The number of aryl methyl sites for hydroxylation is 1. The maximum Gasteiger partial charge on any atom is 2.00 e. The predicted octanol–water partition coefficient (Wildman–Crippen LogP) is 2.69. The van der Waals surface area contributed by atoms with Gasteiger partial charge in [0.05, 0.1) is 5.95 Å². The van der Waals surface area contributed by atoms with Crippen LogP contribution in [0.5, 0.6) is 0 Å². The molecule has 0 spiro atoms. The van der Waals surface area contributed by atoms with Gasteiger partial charge in [0, 0.05) is 0 Å². The summed E-state index contributed by atoms with van der Waals surface area (Å²) in [4.78, 5) is 0. The molecular formula is C15H18FeO2. The molecule has 0 fully saturated rings. The van der Waals surface area contributed by atoms with E-state index in [2.05, 4.69) is 31.2 Å². The summed E-state index contributed by atoms with van der Waals surface area (Å²) in [5, 5.41) is 10.9. The van der Waals surface area contributed by atoms with Gasteiger partial charge in [-0.2, -0.15) is 17.7 Å². The maximum atomic E-state index is 10.9. The number of allylic oxidation sites excluding steroid dienone is 5. The Labute approximate surface area is 120 Å². The molecule has 0 saturated carbocycles. The van der Waals surface area contributed by atoms with Crippen LogP contribution in [-0.2, 0) is 28.2 Å². The summed E-state index contributed by atoms with van der Waals surface area (Å²) < 4.78 is 4.75. The molecule has 2 nitrogen and oxygen atoms in total. The Morgan fingerprint density at radius 2 is 1.94 bits per heavy atom. The van der Waals surface area contributed by atoms with Gasteiger partial charge in [-0.3, -0.25) is 0 Å². The number of rotatable bonds is 3. The van der Waals surface area contributed by atoms with E-state index < -0.39 is 0 Å². The SMILES string of the molecule is CCOC([O-])=C1C=CC=C1.CCc1ccc[cH-]1.[Fe+2]. The zero-order valence-corrected chi connectivity index (χ0v) is 11.8. The Morgan fingerprint density at radius 1 is 1.28 bits per heavy atom. The number of hydrogen-bond donors (Lipinski definition) is 0. The molecule has 1 aromatic carbocycles.